The van der Waals surface area contributed by atoms with Crippen LogP contribution in [0.1, 0.15) is 35.8 Å². The van der Waals surface area contributed by atoms with Crippen LogP contribution in [-0.4, -0.2) is 17.4 Å². The first-order chi connectivity index (χ1) is 11.5. The summed E-state index contributed by atoms with van der Waals surface area (Å²) >= 11 is 0. The number of carbonyl (C=O) groups is 1. The van der Waals surface area contributed by atoms with Gasteiger partial charge in [-0.2, -0.15) is 0 Å². The monoisotopic (exact) mass is 328 g/mol. The number of hydrazine groups is 1. The standard InChI is InChI=1S/C18H21FN4O/c1-11-6-7-14(9-20-11)12(2)22-18(24)16-10-21-23-17(16)13-4-3-5-15(19)8-13/h3-9,12,16-17,21,23H,10H2,1-2H3,(H,22,24). The first-order valence-electron chi connectivity index (χ1n) is 8.01. The molecule has 5 nitrogen and oxygen atoms in total. The summed E-state index contributed by atoms with van der Waals surface area (Å²) < 4.78 is 13.5. The number of benzene rings is 1. The third-order valence-corrected chi connectivity index (χ3v) is 4.32. The van der Waals surface area contributed by atoms with Crippen LogP contribution in [0.5, 0.6) is 0 Å². The van der Waals surface area contributed by atoms with Crippen molar-refractivity contribution in [2.75, 3.05) is 6.54 Å². The van der Waals surface area contributed by atoms with Crippen molar-refractivity contribution in [3.8, 4) is 0 Å². The zero-order valence-corrected chi connectivity index (χ0v) is 13.7. The van der Waals surface area contributed by atoms with Gasteiger partial charge in [0.15, 0.2) is 0 Å². The summed E-state index contributed by atoms with van der Waals surface area (Å²) in [6, 6.07) is 9.81. The Morgan fingerprint density at radius 2 is 2.21 bits per heavy atom. The fourth-order valence-electron chi connectivity index (χ4n) is 2.90. The molecule has 1 aromatic carbocycles. The fourth-order valence-corrected chi connectivity index (χ4v) is 2.90. The molecule has 6 heteroatoms. The van der Waals surface area contributed by atoms with E-state index >= 15 is 0 Å². The second-order valence-corrected chi connectivity index (χ2v) is 6.13. The number of carbonyl (C=O) groups excluding carboxylic acids is 1. The van der Waals surface area contributed by atoms with Crippen LogP contribution in [0.2, 0.25) is 0 Å². The van der Waals surface area contributed by atoms with Crippen molar-refractivity contribution >= 4 is 5.91 Å². The summed E-state index contributed by atoms with van der Waals surface area (Å²) in [6.45, 7) is 4.34. The molecule has 3 unspecified atom stereocenters. The van der Waals surface area contributed by atoms with Gasteiger partial charge in [0.05, 0.1) is 18.0 Å². The van der Waals surface area contributed by atoms with E-state index in [4.69, 9.17) is 0 Å². The number of nitrogens with zero attached hydrogens (tertiary/aromatic N) is 1. The minimum absolute atomic E-state index is 0.0742. The molecular weight excluding hydrogens is 307 g/mol. The molecule has 3 N–H and O–H groups in total. The Balaban J connectivity index is 1.70. The molecular formula is C18H21FN4O. The highest BCUT2D eigenvalue weighted by molar-refractivity contribution is 5.80. The largest absolute Gasteiger partial charge is 0.349 e. The maximum atomic E-state index is 13.5. The smallest absolute Gasteiger partial charge is 0.226 e. The van der Waals surface area contributed by atoms with E-state index in [1.165, 1.54) is 12.1 Å². The van der Waals surface area contributed by atoms with E-state index in [-0.39, 0.29) is 29.7 Å². The first kappa shape index (κ1) is 16.5. The van der Waals surface area contributed by atoms with Crippen molar-refractivity contribution < 1.29 is 9.18 Å². The lowest BCUT2D eigenvalue weighted by Crippen LogP contribution is -2.36. The molecule has 0 aliphatic carbocycles. The predicted octanol–water partition coefficient (Wildman–Crippen LogP) is 2.17. The van der Waals surface area contributed by atoms with Crippen molar-refractivity contribution in [2.24, 2.45) is 5.92 Å². The molecule has 126 valence electrons. The Morgan fingerprint density at radius 3 is 2.92 bits per heavy atom. The summed E-state index contributed by atoms with van der Waals surface area (Å²) in [5, 5.41) is 3.02. The minimum atomic E-state index is -0.312. The number of halogens is 1. The van der Waals surface area contributed by atoms with Crippen molar-refractivity contribution in [3.05, 3.63) is 65.2 Å². The van der Waals surface area contributed by atoms with Crippen molar-refractivity contribution in [1.82, 2.24) is 21.2 Å². The summed E-state index contributed by atoms with van der Waals surface area (Å²) in [4.78, 5) is 16.9. The molecule has 1 aromatic heterocycles. The summed E-state index contributed by atoms with van der Waals surface area (Å²) in [5.74, 6) is -0.693. The predicted molar refractivity (Wildman–Crippen MR) is 89.3 cm³/mol. The number of hydrogen-bond donors (Lipinski definition) is 3. The highest BCUT2D eigenvalue weighted by Crippen LogP contribution is 2.26. The van der Waals surface area contributed by atoms with Crippen molar-refractivity contribution in [3.63, 3.8) is 0 Å². The Labute approximate surface area is 140 Å². The van der Waals surface area contributed by atoms with Gasteiger partial charge in [-0.15, -0.1) is 0 Å². The molecule has 3 rings (SSSR count). The van der Waals surface area contributed by atoms with Crippen LogP contribution >= 0.6 is 0 Å². The van der Waals surface area contributed by atoms with Gasteiger partial charge in [-0.25, -0.2) is 9.82 Å². The molecule has 0 bridgehead atoms. The molecule has 1 saturated heterocycles. The molecule has 0 radical (unpaired) electrons. The SMILES string of the molecule is Cc1ccc(C(C)NC(=O)C2CNNC2c2cccc(F)c2)cn1. The number of nitrogens with one attached hydrogen (secondary N) is 3. The van der Waals surface area contributed by atoms with E-state index in [9.17, 15) is 9.18 Å². The molecule has 1 aliphatic heterocycles. The third kappa shape index (κ3) is 3.60. The van der Waals surface area contributed by atoms with Gasteiger partial charge in [0.2, 0.25) is 5.91 Å². The average molecular weight is 328 g/mol. The highest BCUT2D eigenvalue weighted by Gasteiger charge is 2.34. The normalized spacial score (nSPS) is 21.5. The van der Waals surface area contributed by atoms with E-state index < -0.39 is 0 Å². The third-order valence-electron chi connectivity index (χ3n) is 4.32. The van der Waals surface area contributed by atoms with Crippen LogP contribution in [0.15, 0.2) is 42.6 Å². The van der Waals surface area contributed by atoms with Crippen LogP contribution < -0.4 is 16.2 Å². The summed E-state index contributed by atoms with van der Waals surface area (Å²) in [7, 11) is 0. The van der Waals surface area contributed by atoms with Gasteiger partial charge in [-0.05, 0) is 43.2 Å². The quantitative estimate of drug-likeness (QED) is 0.805. The molecule has 3 atom stereocenters. The molecule has 1 aliphatic rings. The Bertz CT molecular complexity index is 719. The van der Waals surface area contributed by atoms with Crippen molar-refractivity contribution in [2.45, 2.75) is 25.9 Å². The molecule has 1 fully saturated rings. The Kier molecular flexibility index (Phi) is 4.87. The van der Waals surface area contributed by atoms with Crippen LogP contribution in [0.3, 0.4) is 0 Å². The molecule has 0 spiro atoms. The Hall–Kier alpha value is -2.31. The second-order valence-electron chi connectivity index (χ2n) is 6.13. The number of aryl methyl sites for hydroxylation is 1. The lowest BCUT2D eigenvalue weighted by molar-refractivity contribution is -0.125. The molecule has 0 saturated carbocycles. The number of amides is 1. The average Bonchev–Trinajstić information content (AvgIpc) is 3.05. The number of aromatic nitrogens is 1. The molecule has 1 amide bonds. The van der Waals surface area contributed by atoms with Gasteiger partial charge >= 0.3 is 0 Å². The summed E-state index contributed by atoms with van der Waals surface area (Å²) in [5.41, 5.74) is 8.70. The second kappa shape index (κ2) is 7.07. The van der Waals surface area contributed by atoms with E-state index in [0.717, 1.165) is 16.8 Å². The van der Waals surface area contributed by atoms with E-state index in [1.54, 1.807) is 12.3 Å². The van der Waals surface area contributed by atoms with Crippen LogP contribution in [-0.2, 0) is 4.79 Å². The summed E-state index contributed by atoms with van der Waals surface area (Å²) in [6.07, 6.45) is 1.77. The first-order valence-corrected chi connectivity index (χ1v) is 8.01. The van der Waals surface area contributed by atoms with Gasteiger partial charge in [-0.3, -0.25) is 15.2 Å². The zero-order valence-electron chi connectivity index (χ0n) is 13.7. The van der Waals surface area contributed by atoms with Crippen LogP contribution in [0.4, 0.5) is 4.39 Å². The van der Waals surface area contributed by atoms with E-state index in [2.05, 4.69) is 21.2 Å². The maximum Gasteiger partial charge on any atom is 0.226 e. The van der Waals surface area contributed by atoms with Gasteiger partial charge in [0.25, 0.3) is 0 Å². The van der Waals surface area contributed by atoms with E-state index in [0.29, 0.717) is 6.54 Å². The van der Waals surface area contributed by atoms with Gasteiger partial charge in [-0.1, -0.05) is 18.2 Å². The highest BCUT2D eigenvalue weighted by atomic mass is 19.1. The minimum Gasteiger partial charge on any atom is -0.349 e. The van der Waals surface area contributed by atoms with Gasteiger partial charge in [0, 0.05) is 18.4 Å². The molecule has 24 heavy (non-hydrogen) atoms. The van der Waals surface area contributed by atoms with E-state index in [1.807, 2.05) is 32.0 Å². The number of pyridine rings is 1. The van der Waals surface area contributed by atoms with Crippen molar-refractivity contribution in [1.29, 1.82) is 0 Å². The lowest BCUT2D eigenvalue weighted by Gasteiger charge is -2.21. The zero-order chi connectivity index (χ0) is 17.1. The number of hydrogen-bond acceptors (Lipinski definition) is 4. The van der Waals surface area contributed by atoms with Crippen LogP contribution in [0, 0.1) is 18.7 Å². The Morgan fingerprint density at radius 1 is 1.38 bits per heavy atom. The molecule has 2 aromatic rings. The molecule has 2 heterocycles. The number of rotatable bonds is 4. The maximum absolute atomic E-state index is 13.5. The topological polar surface area (TPSA) is 66.1 Å². The lowest BCUT2D eigenvalue weighted by atomic mass is 9.93. The van der Waals surface area contributed by atoms with Crippen LogP contribution in [0.25, 0.3) is 0 Å². The van der Waals surface area contributed by atoms with Gasteiger partial charge in [0.1, 0.15) is 5.82 Å². The fraction of sp³-hybridized carbons (Fsp3) is 0.333. The van der Waals surface area contributed by atoms with Gasteiger partial charge < -0.3 is 5.32 Å².